The fourth-order valence-corrected chi connectivity index (χ4v) is 2.47. The molecule has 0 aliphatic heterocycles. The highest BCUT2D eigenvalue weighted by molar-refractivity contribution is 5.41. The van der Waals surface area contributed by atoms with Gasteiger partial charge in [0.1, 0.15) is 11.6 Å². The summed E-state index contributed by atoms with van der Waals surface area (Å²) in [5.74, 6) is 1.92. The Bertz CT molecular complexity index is 563. The van der Waals surface area contributed by atoms with Crippen LogP contribution >= 0.6 is 0 Å². The van der Waals surface area contributed by atoms with E-state index < -0.39 is 0 Å². The summed E-state index contributed by atoms with van der Waals surface area (Å²) in [6.45, 7) is 8.11. The predicted octanol–water partition coefficient (Wildman–Crippen LogP) is 2.92. The fraction of sp³-hybridized carbons (Fsp3) is 0.438. The minimum absolute atomic E-state index is 0.0461. The molecule has 0 aliphatic carbocycles. The first-order valence-corrected chi connectivity index (χ1v) is 7.10. The normalized spacial score (nSPS) is 12.4. The summed E-state index contributed by atoms with van der Waals surface area (Å²) >= 11 is 0. The molecule has 4 nitrogen and oxygen atoms in total. The lowest BCUT2D eigenvalue weighted by Gasteiger charge is -2.21. The van der Waals surface area contributed by atoms with Gasteiger partial charge in [-0.05, 0) is 26.5 Å². The zero-order valence-electron chi connectivity index (χ0n) is 12.7. The Hall–Kier alpha value is -1.81. The van der Waals surface area contributed by atoms with Crippen molar-refractivity contribution >= 4 is 0 Å². The van der Waals surface area contributed by atoms with E-state index in [-0.39, 0.29) is 6.04 Å². The molecule has 0 fully saturated rings. The molecule has 0 spiro atoms. The number of aromatic nitrogens is 2. The van der Waals surface area contributed by atoms with Crippen molar-refractivity contribution in [2.45, 2.75) is 33.4 Å². The molecule has 0 saturated heterocycles. The Kier molecular flexibility index (Phi) is 4.79. The highest BCUT2D eigenvalue weighted by atomic mass is 16.5. The van der Waals surface area contributed by atoms with Gasteiger partial charge in [-0.25, -0.2) is 4.98 Å². The minimum Gasteiger partial charge on any atom is -0.496 e. The number of rotatable bonds is 6. The molecule has 4 heteroatoms. The summed E-state index contributed by atoms with van der Waals surface area (Å²) in [4.78, 5) is 4.53. The van der Waals surface area contributed by atoms with Crippen LogP contribution in [0.2, 0.25) is 0 Å². The predicted molar refractivity (Wildman–Crippen MR) is 81.2 cm³/mol. The lowest BCUT2D eigenvalue weighted by atomic mass is 10.0. The topological polar surface area (TPSA) is 39.1 Å². The second-order valence-electron chi connectivity index (χ2n) is 4.81. The Morgan fingerprint density at radius 3 is 2.80 bits per heavy atom. The van der Waals surface area contributed by atoms with Crippen LogP contribution in [0, 0.1) is 6.92 Å². The first kappa shape index (κ1) is 14.6. The molecule has 0 radical (unpaired) electrons. The van der Waals surface area contributed by atoms with E-state index in [4.69, 9.17) is 4.74 Å². The molecule has 20 heavy (non-hydrogen) atoms. The van der Waals surface area contributed by atoms with Crippen LogP contribution in [-0.4, -0.2) is 23.2 Å². The highest BCUT2D eigenvalue weighted by Gasteiger charge is 2.21. The zero-order chi connectivity index (χ0) is 14.5. The van der Waals surface area contributed by atoms with Crippen LogP contribution < -0.4 is 10.1 Å². The number of ether oxygens (including phenoxy) is 1. The quantitative estimate of drug-likeness (QED) is 0.879. The number of benzene rings is 1. The van der Waals surface area contributed by atoms with Gasteiger partial charge in [-0.3, -0.25) is 0 Å². The molecular weight excluding hydrogens is 250 g/mol. The Labute approximate surface area is 120 Å². The maximum absolute atomic E-state index is 5.52. The lowest BCUT2D eigenvalue weighted by Crippen LogP contribution is -2.25. The monoisotopic (exact) mass is 273 g/mol. The average Bonchev–Trinajstić information content (AvgIpc) is 2.93. The van der Waals surface area contributed by atoms with Crippen molar-refractivity contribution in [1.29, 1.82) is 0 Å². The van der Waals surface area contributed by atoms with Gasteiger partial charge in [0.2, 0.25) is 0 Å². The van der Waals surface area contributed by atoms with Gasteiger partial charge in [-0.1, -0.05) is 24.6 Å². The summed E-state index contributed by atoms with van der Waals surface area (Å²) in [5.41, 5.74) is 2.36. The molecule has 1 atom stereocenters. The lowest BCUT2D eigenvalue weighted by molar-refractivity contribution is 0.402. The molecule has 2 rings (SSSR count). The molecule has 0 aliphatic rings. The SMILES string of the molecule is CCNC(c1cc(C)ccc1OC)c1nccn1CC. The van der Waals surface area contributed by atoms with E-state index in [2.05, 4.69) is 47.8 Å². The smallest absolute Gasteiger partial charge is 0.130 e. The number of nitrogens with zero attached hydrogens (tertiary/aromatic N) is 2. The number of imidazole rings is 1. The summed E-state index contributed by atoms with van der Waals surface area (Å²) in [6, 6.07) is 6.30. The fourth-order valence-electron chi connectivity index (χ4n) is 2.47. The molecule has 1 heterocycles. The Balaban J connectivity index is 2.50. The number of aryl methyl sites for hydroxylation is 2. The summed E-state index contributed by atoms with van der Waals surface area (Å²) in [7, 11) is 1.71. The first-order valence-electron chi connectivity index (χ1n) is 7.10. The zero-order valence-corrected chi connectivity index (χ0v) is 12.7. The van der Waals surface area contributed by atoms with Gasteiger partial charge < -0.3 is 14.6 Å². The van der Waals surface area contributed by atoms with Gasteiger partial charge in [-0.15, -0.1) is 0 Å². The Morgan fingerprint density at radius 1 is 1.35 bits per heavy atom. The van der Waals surface area contributed by atoms with E-state index >= 15 is 0 Å². The van der Waals surface area contributed by atoms with Gasteiger partial charge in [0.25, 0.3) is 0 Å². The third-order valence-corrected chi connectivity index (χ3v) is 3.45. The van der Waals surface area contributed by atoms with E-state index in [1.807, 2.05) is 18.5 Å². The van der Waals surface area contributed by atoms with Crippen LogP contribution in [0.3, 0.4) is 0 Å². The second kappa shape index (κ2) is 6.57. The van der Waals surface area contributed by atoms with Gasteiger partial charge in [-0.2, -0.15) is 0 Å². The van der Waals surface area contributed by atoms with Crippen LogP contribution in [-0.2, 0) is 6.54 Å². The number of hydrogen-bond acceptors (Lipinski definition) is 3. The second-order valence-corrected chi connectivity index (χ2v) is 4.81. The van der Waals surface area contributed by atoms with E-state index in [9.17, 15) is 0 Å². The molecule has 0 bridgehead atoms. The van der Waals surface area contributed by atoms with Gasteiger partial charge >= 0.3 is 0 Å². The van der Waals surface area contributed by atoms with E-state index in [0.29, 0.717) is 0 Å². The maximum atomic E-state index is 5.52. The maximum Gasteiger partial charge on any atom is 0.130 e. The molecule has 1 N–H and O–H groups in total. The van der Waals surface area contributed by atoms with Crippen LogP contribution in [0.1, 0.15) is 36.8 Å². The molecule has 0 amide bonds. The molecule has 2 aromatic rings. The average molecular weight is 273 g/mol. The highest BCUT2D eigenvalue weighted by Crippen LogP contribution is 2.30. The first-order chi connectivity index (χ1) is 9.71. The molecule has 1 aromatic heterocycles. The minimum atomic E-state index is 0.0461. The van der Waals surface area contributed by atoms with Gasteiger partial charge in [0.05, 0.1) is 13.2 Å². The van der Waals surface area contributed by atoms with Crippen molar-refractivity contribution in [3.8, 4) is 5.75 Å². The molecule has 1 aromatic carbocycles. The van der Waals surface area contributed by atoms with Gasteiger partial charge in [0.15, 0.2) is 0 Å². The number of methoxy groups -OCH3 is 1. The van der Waals surface area contributed by atoms with Crippen molar-refractivity contribution in [2.24, 2.45) is 0 Å². The molecular formula is C16H23N3O. The van der Waals surface area contributed by atoms with Crippen molar-refractivity contribution in [3.05, 3.63) is 47.5 Å². The third-order valence-electron chi connectivity index (χ3n) is 3.45. The van der Waals surface area contributed by atoms with Crippen LogP contribution in [0.15, 0.2) is 30.6 Å². The van der Waals surface area contributed by atoms with E-state index in [1.165, 1.54) is 5.56 Å². The summed E-state index contributed by atoms with van der Waals surface area (Å²) < 4.78 is 7.68. The molecule has 1 unspecified atom stereocenters. The van der Waals surface area contributed by atoms with Crippen LogP contribution in [0.4, 0.5) is 0 Å². The summed E-state index contributed by atoms with van der Waals surface area (Å²) in [5, 5.41) is 3.51. The van der Waals surface area contributed by atoms with Crippen molar-refractivity contribution in [1.82, 2.24) is 14.9 Å². The molecule has 108 valence electrons. The van der Waals surface area contributed by atoms with Gasteiger partial charge in [0, 0.05) is 24.5 Å². The summed E-state index contributed by atoms with van der Waals surface area (Å²) in [6.07, 6.45) is 3.87. The van der Waals surface area contributed by atoms with Crippen molar-refractivity contribution in [2.75, 3.05) is 13.7 Å². The third kappa shape index (κ3) is 2.85. The standard InChI is InChI=1S/C16H23N3O/c1-5-17-15(16-18-9-10-19(16)6-2)13-11-12(3)7-8-14(13)20-4/h7-11,15,17H,5-6H2,1-4H3. The van der Waals surface area contributed by atoms with E-state index in [0.717, 1.165) is 30.2 Å². The Morgan fingerprint density at radius 2 is 2.15 bits per heavy atom. The largest absolute Gasteiger partial charge is 0.496 e. The number of nitrogens with one attached hydrogen (secondary N) is 1. The molecule has 0 saturated carbocycles. The van der Waals surface area contributed by atoms with Crippen LogP contribution in [0.5, 0.6) is 5.75 Å². The van der Waals surface area contributed by atoms with E-state index in [1.54, 1.807) is 7.11 Å². The van der Waals surface area contributed by atoms with Crippen molar-refractivity contribution < 1.29 is 4.74 Å². The number of hydrogen-bond donors (Lipinski definition) is 1. The van der Waals surface area contributed by atoms with Crippen molar-refractivity contribution in [3.63, 3.8) is 0 Å². The van der Waals surface area contributed by atoms with Crippen LogP contribution in [0.25, 0.3) is 0 Å².